The molecule has 0 saturated carbocycles. The predicted molar refractivity (Wildman–Crippen MR) is 105 cm³/mol. The fourth-order valence-corrected chi connectivity index (χ4v) is 3.79. The molecule has 1 unspecified atom stereocenters. The van der Waals surface area contributed by atoms with Gasteiger partial charge in [-0.2, -0.15) is 0 Å². The lowest BCUT2D eigenvalue weighted by atomic mass is 9.89. The first-order chi connectivity index (χ1) is 14.4. The molecule has 2 aliphatic heterocycles. The van der Waals surface area contributed by atoms with Crippen LogP contribution in [-0.2, 0) is 4.79 Å². The number of hydrogen-bond donors (Lipinski definition) is 0. The van der Waals surface area contributed by atoms with Crippen molar-refractivity contribution in [3.8, 4) is 17.2 Å². The van der Waals surface area contributed by atoms with Crippen LogP contribution >= 0.6 is 0 Å². The Bertz CT molecular complexity index is 1000. The van der Waals surface area contributed by atoms with Gasteiger partial charge in [0.15, 0.2) is 12.4 Å². The summed E-state index contributed by atoms with van der Waals surface area (Å²) in [5.41, 5.74) is -0.291. The number of nitro groups is 1. The predicted octanol–water partition coefficient (Wildman–Crippen LogP) is 2.62. The van der Waals surface area contributed by atoms with Crippen LogP contribution in [0, 0.1) is 10.1 Å². The number of methoxy groups -OCH3 is 1. The maximum atomic E-state index is 12.7. The second kappa shape index (κ2) is 7.66. The van der Waals surface area contributed by atoms with Crippen LogP contribution in [0.3, 0.4) is 0 Å². The number of fused-ring (bicyclic) bond motifs is 1. The van der Waals surface area contributed by atoms with E-state index in [0.29, 0.717) is 42.3 Å². The van der Waals surface area contributed by atoms with E-state index in [0.717, 1.165) is 0 Å². The third-order valence-corrected chi connectivity index (χ3v) is 5.38. The molecular formula is C21H20N2O7. The van der Waals surface area contributed by atoms with E-state index in [1.165, 1.54) is 31.4 Å². The van der Waals surface area contributed by atoms with Crippen molar-refractivity contribution in [2.24, 2.45) is 0 Å². The minimum atomic E-state index is -0.734. The molecule has 156 valence electrons. The minimum Gasteiger partial charge on any atom is -0.497 e. The van der Waals surface area contributed by atoms with Crippen molar-refractivity contribution in [3.05, 3.63) is 58.1 Å². The van der Waals surface area contributed by atoms with Gasteiger partial charge in [0, 0.05) is 25.1 Å². The molecule has 1 atom stereocenters. The van der Waals surface area contributed by atoms with Crippen molar-refractivity contribution in [2.75, 3.05) is 26.8 Å². The molecule has 1 amide bonds. The quantitative estimate of drug-likeness (QED) is 0.549. The third kappa shape index (κ3) is 3.78. The number of hydrogen-bond acceptors (Lipinski definition) is 7. The smallest absolute Gasteiger partial charge is 0.269 e. The number of Topliss-reactive ketones (excluding diaryl/α,β-unsaturated/α-hetero) is 1. The number of ether oxygens (including phenoxy) is 3. The van der Waals surface area contributed by atoms with Crippen molar-refractivity contribution < 1.29 is 28.7 Å². The summed E-state index contributed by atoms with van der Waals surface area (Å²) in [4.78, 5) is 37.0. The zero-order valence-corrected chi connectivity index (χ0v) is 16.3. The molecule has 0 N–H and O–H groups in total. The van der Waals surface area contributed by atoms with Crippen LogP contribution in [-0.4, -0.2) is 53.9 Å². The standard InChI is InChI=1S/C21H20N2O7/c1-28-16-6-7-19-17(10-16)18(24)11-21(30-19)8-9-22(13-21)20(25)12-29-15-4-2-14(3-5-15)23(26)27/h2-7,10H,8-9,11-13H2,1H3. The molecule has 0 aliphatic carbocycles. The van der Waals surface area contributed by atoms with E-state index >= 15 is 0 Å². The normalized spacial score (nSPS) is 19.9. The van der Waals surface area contributed by atoms with Crippen LogP contribution in [0.5, 0.6) is 17.2 Å². The van der Waals surface area contributed by atoms with Gasteiger partial charge in [0.05, 0.1) is 30.6 Å². The van der Waals surface area contributed by atoms with E-state index in [2.05, 4.69) is 0 Å². The number of carbonyl (C=O) groups excluding carboxylic acids is 2. The summed E-state index contributed by atoms with van der Waals surface area (Å²) in [5.74, 6) is 1.19. The van der Waals surface area contributed by atoms with E-state index in [-0.39, 0.29) is 30.4 Å². The lowest BCUT2D eigenvalue weighted by molar-refractivity contribution is -0.384. The van der Waals surface area contributed by atoms with Crippen molar-refractivity contribution in [1.82, 2.24) is 4.90 Å². The van der Waals surface area contributed by atoms with Crippen LogP contribution in [0.1, 0.15) is 23.2 Å². The minimum absolute atomic E-state index is 0.0356. The van der Waals surface area contributed by atoms with Gasteiger partial charge in [-0.1, -0.05) is 0 Å². The van der Waals surface area contributed by atoms with Crippen molar-refractivity contribution >= 4 is 17.4 Å². The Labute approximate surface area is 172 Å². The van der Waals surface area contributed by atoms with Gasteiger partial charge in [-0.3, -0.25) is 19.7 Å². The van der Waals surface area contributed by atoms with Gasteiger partial charge in [0.25, 0.3) is 11.6 Å². The molecule has 9 nitrogen and oxygen atoms in total. The second-order valence-corrected chi connectivity index (χ2v) is 7.35. The largest absolute Gasteiger partial charge is 0.497 e. The maximum absolute atomic E-state index is 12.7. The van der Waals surface area contributed by atoms with Crippen molar-refractivity contribution in [2.45, 2.75) is 18.4 Å². The summed E-state index contributed by atoms with van der Waals surface area (Å²) in [7, 11) is 1.54. The number of non-ortho nitro benzene ring substituents is 1. The first kappa shape index (κ1) is 19.7. The molecule has 4 rings (SSSR count). The highest BCUT2D eigenvalue weighted by Crippen LogP contribution is 2.40. The van der Waals surface area contributed by atoms with Gasteiger partial charge >= 0.3 is 0 Å². The van der Waals surface area contributed by atoms with Gasteiger partial charge in [0.2, 0.25) is 0 Å². The summed E-state index contributed by atoms with van der Waals surface area (Å²) >= 11 is 0. The Morgan fingerprint density at radius 3 is 2.67 bits per heavy atom. The summed E-state index contributed by atoms with van der Waals surface area (Å²) in [5, 5.41) is 10.7. The number of nitrogens with zero attached hydrogens (tertiary/aromatic N) is 2. The average Bonchev–Trinajstić information content (AvgIpc) is 3.15. The summed E-state index contributed by atoms with van der Waals surface area (Å²) in [6.07, 6.45) is 0.744. The number of likely N-dealkylation sites (tertiary alicyclic amines) is 1. The fourth-order valence-electron chi connectivity index (χ4n) is 3.79. The maximum Gasteiger partial charge on any atom is 0.269 e. The first-order valence-corrected chi connectivity index (χ1v) is 9.44. The second-order valence-electron chi connectivity index (χ2n) is 7.35. The van der Waals surface area contributed by atoms with Crippen LogP contribution in [0.15, 0.2) is 42.5 Å². The van der Waals surface area contributed by atoms with E-state index < -0.39 is 10.5 Å². The van der Waals surface area contributed by atoms with Gasteiger partial charge in [-0.05, 0) is 30.3 Å². The molecule has 2 aliphatic rings. The Balaban J connectivity index is 1.38. The summed E-state index contributed by atoms with van der Waals surface area (Å²) in [6, 6.07) is 10.7. The first-order valence-electron chi connectivity index (χ1n) is 9.44. The molecule has 30 heavy (non-hydrogen) atoms. The van der Waals surface area contributed by atoms with Gasteiger partial charge in [-0.25, -0.2) is 0 Å². The lowest BCUT2D eigenvalue weighted by Crippen LogP contribution is -2.45. The molecule has 2 aromatic rings. The van der Waals surface area contributed by atoms with E-state index in [1.54, 1.807) is 23.1 Å². The number of nitro benzene ring substituents is 1. The molecule has 1 spiro atoms. The van der Waals surface area contributed by atoms with Gasteiger partial charge in [0.1, 0.15) is 22.8 Å². The zero-order chi connectivity index (χ0) is 21.3. The molecule has 0 aromatic heterocycles. The SMILES string of the molecule is COc1ccc2c(c1)C(=O)CC1(CCN(C(=O)COc3ccc([N+](=O)[O-])cc3)C1)O2. The highest BCUT2D eigenvalue weighted by atomic mass is 16.6. The topological polar surface area (TPSA) is 108 Å². The lowest BCUT2D eigenvalue weighted by Gasteiger charge is -2.34. The van der Waals surface area contributed by atoms with Gasteiger partial charge < -0.3 is 19.1 Å². The summed E-state index contributed by atoms with van der Waals surface area (Å²) < 4.78 is 16.8. The molecule has 9 heteroatoms. The van der Waals surface area contributed by atoms with Crippen LogP contribution in [0.2, 0.25) is 0 Å². The van der Waals surface area contributed by atoms with Crippen LogP contribution in [0.25, 0.3) is 0 Å². The molecule has 1 saturated heterocycles. The number of rotatable bonds is 5. The number of carbonyl (C=O) groups is 2. The third-order valence-electron chi connectivity index (χ3n) is 5.38. The highest BCUT2D eigenvalue weighted by Gasteiger charge is 2.47. The van der Waals surface area contributed by atoms with Crippen LogP contribution < -0.4 is 14.2 Å². The number of ketones is 1. The molecule has 0 radical (unpaired) electrons. The molecule has 1 fully saturated rings. The highest BCUT2D eigenvalue weighted by molar-refractivity contribution is 6.01. The Kier molecular flexibility index (Phi) is 5.03. The fraction of sp³-hybridized carbons (Fsp3) is 0.333. The average molecular weight is 412 g/mol. The number of benzene rings is 2. The zero-order valence-electron chi connectivity index (χ0n) is 16.3. The number of amides is 1. The monoisotopic (exact) mass is 412 g/mol. The van der Waals surface area contributed by atoms with E-state index in [1.807, 2.05) is 0 Å². The Hall–Kier alpha value is -3.62. The Morgan fingerprint density at radius 2 is 1.97 bits per heavy atom. The Morgan fingerprint density at radius 1 is 1.23 bits per heavy atom. The van der Waals surface area contributed by atoms with Crippen molar-refractivity contribution in [1.29, 1.82) is 0 Å². The molecule has 2 aromatic carbocycles. The molecular weight excluding hydrogens is 392 g/mol. The van der Waals surface area contributed by atoms with E-state index in [4.69, 9.17) is 14.2 Å². The molecule has 0 bridgehead atoms. The van der Waals surface area contributed by atoms with E-state index in [9.17, 15) is 19.7 Å². The summed E-state index contributed by atoms with van der Waals surface area (Å²) in [6.45, 7) is 0.559. The van der Waals surface area contributed by atoms with Crippen molar-refractivity contribution in [3.63, 3.8) is 0 Å². The van der Waals surface area contributed by atoms with Gasteiger partial charge in [-0.15, -0.1) is 0 Å². The van der Waals surface area contributed by atoms with Crippen LogP contribution in [0.4, 0.5) is 5.69 Å². The molecule has 2 heterocycles.